The second kappa shape index (κ2) is 3.81. The summed E-state index contributed by atoms with van der Waals surface area (Å²) in [4.78, 5) is 0.934. The minimum Gasteiger partial charge on any atom is -0.349 e. The van der Waals surface area contributed by atoms with Crippen LogP contribution in [0.5, 0.6) is 0 Å². The first kappa shape index (κ1) is 3.77. The first-order valence-corrected chi connectivity index (χ1v) is 5.00. The van der Waals surface area contributed by atoms with Gasteiger partial charge in [0.2, 0.25) is 0 Å². The van der Waals surface area contributed by atoms with E-state index in [0.717, 1.165) is 0 Å². The van der Waals surface area contributed by atoms with Crippen LogP contribution in [0, 0.1) is 0 Å². The maximum Gasteiger partial charge on any atom is 0.128 e. The Morgan fingerprint density at radius 1 is 1.06 bits per heavy atom. The van der Waals surface area contributed by atoms with Gasteiger partial charge in [-0.15, -0.1) is 0 Å². The molecule has 0 unspecified atom stereocenters. The molecule has 0 bridgehead atoms. The highest BCUT2D eigenvalue weighted by Crippen LogP contribution is 2.43. The first-order valence-electron chi connectivity index (χ1n) is 10.5. The Hall–Kier alpha value is -1.96. The maximum atomic E-state index is 9.01. The van der Waals surface area contributed by atoms with Gasteiger partial charge in [-0.3, -0.25) is 0 Å². The molecule has 2 heteroatoms. The van der Waals surface area contributed by atoms with Crippen molar-refractivity contribution in [3.63, 3.8) is 0 Å². The average Bonchev–Trinajstić information content (AvgIpc) is 2.90. The van der Waals surface area contributed by atoms with Crippen LogP contribution in [-0.4, -0.2) is 14.0 Å². The quantitative estimate of drug-likeness (QED) is 0.748. The summed E-state index contributed by atoms with van der Waals surface area (Å²) in [5.41, 5.74) is -1.09. The zero-order chi connectivity index (χ0) is 21.2. The second-order valence-corrected chi connectivity index (χ2v) is 3.56. The Labute approximate surface area is 118 Å². The topological polar surface area (TPSA) is 6.48 Å². The standard InChI is InChI=1S/C15H16N2/c1-16-13-10-6-7-11-14(13)17(2)15(16)12-8-4-3-5-9-12/h3-11,15H,1-2H3/i1D3,2D3,6D,7D,10D,11D,15D. The van der Waals surface area contributed by atoms with Gasteiger partial charge in [-0.05, 0) is 17.6 Å². The van der Waals surface area contributed by atoms with Gasteiger partial charge in [0.15, 0.2) is 0 Å². The van der Waals surface area contributed by atoms with Crippen molar-refractivity contribution < 1.29 is 15.1 Å². The van der Waals surface area contributed by atoms with E-state index < -0.39 is 55.6 Å². The number of anilines is 2. The van der Waals surface area contributed by atoms with Gasteiger partial charge < -0.3 is 9.80 Å². The van der Waals surface area contributed by atoms with E-state index in [-0.39, 0.29) is 5.56 Å². The van der Waals surface area contributed by atoms with Gasteiger partial charge in [0, 0.05) is 22.2 Å². The van der Waals surface area contributed by atoms with E-state index in [4.69, 9.17) is 15.1 Å². The van der Waals surface area contributed by atoms with E-state index in [1.165, 1.54) is 24.3 Å². The molecule has 1 aliphatic heterocycles. The summed E-state index contributed by atoms with van der Waals surface area (Å²) in [7, 11) is 0. The van der Waals surface area contributed by atoms with Gasteiger partial charge in [-0.25, -0.2) is 0 Å². The van der Waals surface area contributed by atoms with Crippen molar-refractivity contribution >= 4 is 11.4 Å². The zero-order valence-corrected chi connectivity index (χ0v) is 8.78. The first-order chi connectivity index (χ1) is 12.7. The molecule has 0 saturated heterocycles. The van der Waals surface area contributed by atoms with Gasteiger partial charge in [0.1, 0.15) is 6.14 Å². The monoisotopic (exact) mass is 235 g/mol. The van der Waals surface area contributed by atoms with Gasteiger partial charge in [0.25, 0.3) is 0 Å². The van der Waals surface area contributed by atoms with Crippen molar-refractivity contribution in [2.45, 2.75) is 6.14 Å². The molecule has 86 valence electrons. The van der Waals surface area contributed by atoms with E-state index in [9.17, 15) is 0 Å². The molecule has 0 radical (unpaired) electrons. The number of hydrogen-bond acceptors (Lipinski definition) is 2. The Kier molecular flexibility index (Phi) is 0.845. The van der Waals surface area contributed by atoms with Crippen molar-refractivity contribution in [3.05, 3.63) is 60.1 Å². The fourth-order valence-corrected chi connectivity index (χ4v) is 1.78. The lowest BCUT2D eigenvalue weighted by Crippen LogP contribution is -2.30. The summed E-state index contributed by atoms with van der Waals surface area (Å²) in [6.07, 6.45) is -2.55. The average molecular weight is 235 g/mol. The third-order valence-electron chi connectivity index (χ3n) is 2.55. The fraction of sp³-hybridized carbons (Fsp3) is 0.200. The number of benzene rings is 2. The Morgan fingerprint density at radius 2 is 1.65 bits per heavy atom. The van der Waals surface area contributed by atoms with Crippen molar-refractivity contribution in [2.24, 2.45) is 0 Å². The van der Waals surface area contributed by atoms with Gasteiger partial charge in [0.05, 0.1) is 18.2 Å². The second-order valence-electron chi connectivity index (χ2n) is 3.56. The van der Waals surface area contributed by atoms with E-state index in [1.807, 2.05) is 0 Å². The summed E-state index contributed by atoms with van der Waals surface area (Å²) in [6, 6.07) is 4.56. The fourth-order valence-electron chi connectivity index (χ4n) is 1.78. The number of rotatable bonds is 1. The third-order valence-corrected chi connectivity index (χ3v) is 2.55. The molecular weight excluding hydrogens is 208 g/mol. The van der Waals surface area contributed by atoms with Crippen molar-refractivity contribution in [3.8, 4) is 0 Å². The van der Waals surface area contributed by atoms with Crippen LogP contribution in [-0.2, 0) is 0 Å². The number of nitrogens with zero attached hydrogens (tertiary/aromatic N) is 2. The molecule has 17 heavy (non-hydrogen) atoms. The lowest BCUT2D eigenvalue weighted by molar-refractivity contribution is 0.694. The summed E-state index contributed by atoms with van der Waals surface area (Å²) in [5, 5.41) is 0. The van der Waals surface area contributed by atoms with Crippen LogP contribution in [0.1, 0.15) is 26.8 Å². The van der Waals surface area contributed by atoms with Crippen LogP contribution in [0.3, 0.4) is 0 Å². The van der Waals surface area contributed by atoms with E-state index in [2.05, 4.69) is 0 Å². The zero-order valence-electron chi connectivity index (χ0n) is 19.8. The summed E-state index contributed by atoms with van der Waals surface area (Å²) < 4.78 is 88.7. The largest absolute Gasteiger partial charge is 0.349 e. The molecule has 1 aliphatic rings. The molecular formula is C15H16N2. The minimum atomic E-state index is -3.06. The molecule has 2 aromatic rings. The SMILES string of the molecule is [2H]c1c([2H])c([2H])c2c(c1[2H])N(C([2H])([2H])[2H])C([2H])(c1ccccc1)N2C([2H])([2H])[2H]. The lowest BCUT2D eigenvalue weighted by atomic mass is 10.1. The number of fused-ring (bicyclic) bond motifs is 1. The molecule has 0 spiro atoms. The minimum absolute atomic E-state index is 0.00434. The van der Waals surface area contributed by atoms with Crippen LogP contribution in [0.2, 0.25) is 0 Å². The third kappa shape index (κ3) is 1.48. The number of hydrogen-bond donors (Lipinski definition) is 0. The van der Waals surface area contributed by atoms with Crippen LogP contribution in [0.25, 0.3) is 0 Å². The molecule has 1 heterocycles. The van der Waals surface area contributed by atoms with Crippen LogP contribution in [0.4, 0.5) is 11.4 Å². The van der Waals surface area contributed by atoms with Crippen molar-refractivity contribution in [1.82, 2.24) is 0 Å². The van der Waals surface area contributed by atoms with E-state index >= 15 is 0 Å². The molecule has 0 N–H and O–H groups in total. The molecule has 0 saturated carbocycles. The molecule has 0 atom stereocenters. The van der Waals surface area contributed by atoms with Gasteiger partial charge in [-0.1, -0.05) is 42.4 Å². The molecule has 0 aliphatic carbocycles. The lowest BCUT2D eigenvalue weighted by Gasteiger charge is -2.28. The Morgan fingerprint density at radius 3 is 2.18 bits per heavy atom. The summed E-state index contributed by atoms with van der Waals surface area (Å²) in [6.45, 7) is -6.13. The summed E-state index contributed by atoms with van der Waals surface area (Å²) in [5.74, 6) is 0. The Balaban J connectivity index is 2.52. The Bertz CT molecular complexity index is 868. The van der Waals surface area contributed by atoms with Crippen LogP contribution >= 0.6 is 0 Å². The molecule has 0 aromatic heterocycles. The highest BCUT2D eigenvalue weighted by atomic mass is 15.4. The molecule has 0 fully saturated rings. The van der Waals surface area contributed by atoms with E-state index in [1.54, 1.807) is 6.07 Å². The van der Waals surface area contributed by atoms with E-state index in [0.29, 0.717) is 9.80 Å². The van der Waals surface area contributed by atoms with Crippen LogP contribution in [0.15, 0.2) is 54.5 Å². The van der Waals surface area contributed by atoms with Crippen molar-refractivity contribution in [1.29, 1.82) is 0 Å². The van der Waals surface area contributed by atoms with Gasteiger partial charge >= 0.3 is 0 Å². The molecule has 2 aromatic carbocycles. The highest BCUT2D eigenvalue weighted by molar-refractivity contribution is 5.77. The predicted molar refractivity (Wildman–Crippen MR) is 72.4 cm³/mol. The maximum absolute atomic E-state index is 9.01. The molecule has 0 amide bonds. The normalized spacial score (nSPS) is 27.9. The molecule has 2 nitrogen and oxygen atoms in total. The predicted octanol–water partition coefficient (Wildman–Crippen LogP) is 3.27. The van der Waals surface area contributed by atoms with Crippen molar-refractivity contribution in [2.75, 3.05) is 23.8 Å². The van der Waals surface area contributed by atoms with Gasteiger partial charge in [-0.2, -0.15) is 0 Å². The molecule has 3 rings (SSSR count). The highest BCUT2D eigenvalue weighted by Gasteiger charge is 2.31. The van der Waals surface area contributed by atoms with Crippen LogP contribution < -0.4 is 9.80 Å². The summed E-state index contributed by atoms with van der Waals surface area (Å²) >= 11 is 0. The smallest absolute Gasteiger partial charge is 0.128 e. The number of para-hydroxylation sites is 2.